The first kappa shape index (κ1) is 22.0. The number of hydrogen-bond acceptors (Lipinski definition) is 2. The molecule has 0 saturated heterocycles. The highest BCUT2D eigenvalue weighted by molar-refractivity contribution is 7.23. The van der Waals surface area contributed by atoms with E-state index in [1.807, 2.05) is 22.7 Å². The molecule has 6 aromatic carbocycles. The first-order valence-corrected chi connectivity index (χ1v) is 14.6. The van der Waals surface area contributed by atoms with Crippen molar-refractivity contribution in [2.45, 2.75) is 13.8 Å². The second-order valence-electron chi connectivity index (χ2n) is 10.3. The summed E-state index contributed by atoms with van der Waals surface area (Å²) in [6.45, 7) is 4.28. The Labute approximate surface area is 229 Å². The molecule has 0 spiro atoms. The van der Waals surface area contributed by atoms with Gasteiger partial charge in [-0.1, -0.05) is 108 Å². The van der Waals surface area contributed by atoms with Crippen LogP contribution in [0, 0.1) is 13.8 Å². The minimum atomic E-state index is 1.29. The lowest BCUT2D eigenvalue weighted by atomic mass is 9.96. The standard InChI is InChI=1S/C36H24S2/c1-21-3-7-23(8-4-21)33-19-25-11-13-29-27-16-18-32-30(28(27)15-17-31(29)35(25)37-33)14-12-26-20-34(38-36(26)32)24-9-5-22(2)6-10-24/h3-20H,1-2H3. The third kappa shape index (κ3) is 3.34. The molecule has 0 saturated carbocycles. The summed E-state index contributed by atoms with van der Waals surface area (Å²) in [5.41, 5.74) is 5.18. The van der Waals surface area contributed by atoms with E-state index in [9.17, 15) is 0 Å². The van der Waals surface area contributed by atoms with Crippen molar-refractivity contribution in [1.29, 1.82) is 0 Å². The molecule has 0 fully saturated rings. The summed E-state index contributed by atoms with van der Waals surface area (Å²) >= 11 is 3.81. The van der Waals surface area contributed by atoms with E-state index in [-0.39, 0.29) is 0 Å². The van der Waals surface area contributed by atoms with Gasteiger partial charge in [0.2, 0.25) is 0 Å². The average molecular weight is 521 g/mol. The van der Waals surface area contributed by atoms with Crippen LogP contribution in [0.15, 0.2) is 109 Å². The molecule has 2 aromatic heterocycles. The first-order valence-electron chi connectivity index (χ1n) is 13.0. The van der Waals surface area contributed by atoms with E-state index in [4.69, 9.17) is 0 Å². The fourth-order valence-electron chi connectivity index (χ4n) is 5.75. The number of fused-ring (bicyclic) bond motifs is 9. The van der Waals surface area contributed by atoms with Crippen LogP contribution < -0.4 is 0 Å². The number of hydrogen-bond donors (Lipinski definition) is 0. The van der Waals surface area contributed by atoms with Gasteiger partial charge in [0.05, 0.1) is 0 Å². The SMILES string of the molecule is Cc1ccc(-c2cc3ccc4c5ccc6c(ccc7cc(-c8ccc(C)cc8)sc76)c5ccc4c3s2)cc1. The monoisotopic (exact) mass is 520 g/mol. The maximum absolute atomic E-state index is 2.34. The van der Waals surface area contributed by atoms with Crippen molar-refractivity contribution < 1.29 is 0 Å². The van der Waals surface area contributed by atoms with E-state index in [1.54, 1.807) is 0 Å². The van der Waals surface area contributed by atoms with Gasteiger partial charge in [0.15, 0.2) is 0 Å². The normalized spacial score (nSPS) is 11.9. The van der Waals surface area contributed by atoms with Crippen LogP contribution in [0.5, 0.6) is 0 Å². The zero-order valence-corrected chi connectivity index (χ0v) is 22.8. The summed E-state index contributed by atoms with van der Waals surface area (Å²) in [5, 5.41) is 10.7. The van der Waals surface area contributed by atoms with E-state index in [0.29, 0.717) is 0 Å². The Kier molecular flexibility index (Phi) is 4.79. The van der Waals surface area contributed by atoms with Crippen molar-refractivity contribution in [1.82, 2.24) is 0 Å². The predicted molar refractivity (Wildman–Crippen MR) is 170 cm³/mol. The van der Waals surface area contributed by atoms with Crippen molar-refractivity contribution in [3.63, 3.8) is 0 Å². The van der Waals surface area contributed by atoms with Crippen LogP contribution in [0.25, 0.3) is 73.4 Å². The zero-order valence-electron chi connectivity index (χ0n) is 21.2. The highest BCUT2D eigenvalue weighted by Gasteiger charge is 2.13. The molecule has 8 aromatic rings. The maximum Gasteiger partial charge on any atom is 0.0428 e. The van der Waals surface area contributed by atoms with Crippen molar-refractivity contribution in [2.75, 3.05) is 0 Å². The summed E-state index contributed by atoms with van der Waals surface area (Å²) in [7, 11) is 0. The molecule has 2 heteroatoms. The number of rotatable bonds is 2. The van der Waals surface area contributed by atoms with Crippen molar-refractivity contribution >= 4 is 75.2 Å². The fourth-order valence-corrected chi connectivity index (χ4v) is 8.14. The zero-order chi connectivity index (χ0) is 25.4. The molecule has 38 heavy (non-hydrogen) atoms. The maximum atomic E-state index is 2.34. The summed E-state index contributed by atoms with van der Waals surface area (Å²) in [4.78, 5) is 2.66. The number of benzene rings is 6. The summed E-state index contributed by atoms with van der Waals surface area (Å²) in [5.74, 6) is 0. The third-order valence-corrected chi connectivity index (χ3v) is 10.3. The van der Waals surface area contributed by atoms with Crippen LogP contribution in [0.3, 0.4) is 0 Å². The minimum absolute atomic E-state index is 1.29. The highest BCUT2D eigenvalue weighted by atomic mass is 32.1. The Hall–Kier alpha value is -3.98. The molecule has 0 bridgehead atoms. The van der Waals surface area contributed by atoms with Crippen LogP contribution >= 0.6 is 22.7 Å². The Morgan fingerprint density at radius 1 is 0.368 bits per heavy atom. The molecule has 0 aliphatic heterocycles. The number of thiophene rings is 2. The Morgan fingerprint density at radius 2 is 0.711 bits per heavy atom. The van der Waals surface area contributed by atoms with Gasteiger partial charge in [-0.05, 0) is 69.4 Å². The second kappa shape index (κ2) is 8.26. The van der Waals surface area contributed by atoms with Crippen LogP contribution in [-0.4, -0.2) is 0 Å². The molecule has 0 amide bonds. The quantitative estimate of drug-likeness (QED) is 0.199. The molecule has 0 radical (unpaired) electrons. The highest BCUT2D eigenvalue weighted by Crippen LogP contribution is 2.43. The molecular formula is C36H24S2. The lowest BCUT2D eigenvalue weighted by Crippen LogP contribution is -1.81. The second-order valence-corrected chi connectivity index (χ2v) is 12.4. The van der Waals surface area contributed by atoms with Crippen molar-refractivity contribution in [2.24, 2.45) is 0 Å². The van der Waals surface area contributed by atoms with Crippen LogP contribution in [0.4, 0.5) is 0 Å². The van der Waals surface area contributed by atoms with E-state index < -0.39 is 0 Å². The summed E-state index contributed by atoms with van der Waals surface area (Å²) in [6, 6.07) is 41.0. The lowest BCUT2D eigenvalue weighted by Gasteiger charge is -2.09. The lowest BCUT2D eigenvalue weighted by molar-refractivity contribution is 1.48. The van der Waals surface area contributed by atoms with E-state index >= 15 is 0 Å². The van der Waals surface area contributed by atoms with Gasteiger partial charge in [-0.15, -0.1) is 22.7 Å². The van der Waals surface area contributed by atoms with Gasteiger partial charge in [-0.2, -0.15) is 0 Å². The van der Waals surface area contributed by atoms with E-state index in [0.717, 1.165) is 0 Å². The molecule has 2 heterocycles. The third-order valence-electron chi connectivity index (χ3n) is 7.83. The molecule has 0 aliphatic rings. The van der Waals surface area contributed by atoms with Gasteiger partial charge in [0, 0.05) is 29.9 Å². The molecule has 0 aliphatic carbocycles. The predicted octanol–water partition coefficient (Wildman–Crippen LogP) is 11.5. The van der Waals surface area contributed by atoms with Gasteiger partial charge < -0.3 is 0 Å². The van der Waals surface area contributed by atoms with Gasteiger partial charge >= 0.3 is 0 Å². The van der Waals surface area contributed by atoms with E-state index in [1.165, 1.54) is 84.5 Å². The Morgan fingerprint density at radius 3 is 1.13 bits per heavy atom. The van der Waals surface area contributed by atoms with Gasteiger partial charge in [0.1, 0.15) is 0 Å². The van der Waals surface area contributed by atoms with Gasteiger partial charge in [-0.25, -0.2) is 0 Å². The summed E-state index contributed by atoms with van der Waals surface area (Å²) in [6.07, 6.45) is 0. The smallest absolute Gasteiger partial charge is 0.0428 e. The van der Waals surface area contributed by atoms with Crippen molar-refractivity contribution in [3.8, 4) is 20.9 Å². The van der Waals surface area contributed by atoms with E-state index in [2.05, 4.69) is 123 Å². The van der Waals surface area contributed by atoms with Gasteiger partial charge in [-0.3, -0.25) is 0 Å². The van der Waals surface area contributed by atoms with Crippen molar-refractivity contribution in [3.05, 3.63) is 120 Å². The molecule has 0 atom stereocenters. The number of aryl methyl sites for hydroxylation is 2. The molecule has 0 nitrogen and oxygen atoms in total. The largest absolute Gasteiger partial charge is 0.135 e. The fraction of sp³-hybridized carbons (Fsp3) is 0.0556. The first-order chi connectivity index (χ1) is 18.6. The summed E-state index contributed by atoms with van der Waals surface area (Å²) < 4.78 is 2.74. The van der Waals surface area contributed by atoms with Crippen LogP contribution in [0.1, 0.15) is 11.1 Å². The van der Waals surface area contributed by atoms with Gasteiger partial charge in [0.25, 0.3) is 0 Å². The molecule has 0 unspecified atom stereocenters. The molecule has 0 N–H and O–H groups in total. The topological polar surface area (TPSA) is 0 Å². The Bertz CT molecular complexity index is 2010. The molecular weight excluding hydrogens is 497 g/mol. The Balaban J connectivity index is 1.32. The average Bonchev–Trinajstić information content (AvgIpc) is 3.58. The van der Waals surface area contributed by atoms with Crippen LogP contribution in [0.2, 0.25) is 0 Å². The molecule has 8 rings (SSSR count). The minimum Gasteiger partial charge on any atom is -0.135 e. The molecule has 180 valence electrons. The van der Waals surface area contributed by atoms with Crippen LogP contribution in [-0.2, 0) is 0 Å².